The summed E-state index contributed by atoms with van der Waals surface area (Å²) >= 11 is 0. The van der Waals surface area contributed by atoms with Crippen LogP contribution in [0.15, 0.2) is 30.3 Å². The molecule has 0 aliphatic carbocycles. The van der Waals surface area contributed by atoms with Crippen molar-refractivity contribution >= 4 is 11.6 Å². The van der Waals surface area contributed by atoms with Crippen LogP contribution in [-0.4, -0.2) is 49.1 Å². The highest BCUT2D eigenvalue weighted by atomic mass is 16.2. The van der Waals surface area contributed by atoms with E-state index in [0.717, 1.165) is 25.3 Å². The zero-order valence-electron chi connectivity index (χ0n) is 12.7. The topological polar surface area (TPSA) is 59.4 Å². The lowest BCUT2D eigenvalue weighted by atomic mass is 10.0. The Morgan fingerprint density at radius 3 is 2.76 bits per heavy atom. The zero-order chi connectivity index (χ0) is 15.3. The number of benzene rings is 1. The first kappa shape index (κ1) is 15.5. The van der Waals surface area contributed by atoms with E-state index in [1.54, 1.807) is 4.90 Å². The van der Waals surface area contributed by atoms with Crippen molar-refractivity contribution < 1.29 is 4.79 Å². The fourth-order valence-electron chi connectivity index (χ4n) is 2.57. The summed E-state index contributed by atoms with van der Waals surface area (Å²) in [6.45, 7) is 7.27. The van der Waals surface area contributed by atoms with Crippen LogP contribution in [0, 0.1) is 11.3 Å². The second-order valence-electron chi connectivity index (χ2n) is 5.88. The number of nitrogens with one attached hydrogen (secondary N) is 1. The number of nitriles is 1. The Hall–Kier alpha value is -1.90. The number of amides is 1. The molecule has 112 valence electrons. The normalized spacial score (nSPS) is 18.0. The number of rotatable bonds is 4. The summed E-state index contributed by atoms with van der Waals surface area (Å²) in [5, 5.41) is 12.3. The van der Waals surface area contributed by atoms with E-state index in [1.165, 1.54) is 0 Å². The van der Waals surface area contributed by atoms with Gasteiger partial charge in [0.25, 0.3) is 0 Å². The standard InChI is InChI=1S/C16H22N4O/c1-16(2)13-18-9-11-19(16)12-15(21)20(10-8-17)14-6-4-3-5-7-14/h3-7,18H,9-13H2,1-2H3. The molecule has 0 radical (unpaired) electrons. The molecule has 0 saturated carbocycles. The Morgan fingerprint density at radius 1 is 1.43 bits per heavy atom. The van der Waals surface area contributed by atoms with E-state index >= 15 is 0 Å². The van der Waals surface area contributed by atoms with E-state index in [1.807, 2.05) is 30.3 Å². The Balaban J connectivity index is 2.11. The average molecular weight is 286 g/mol. The van der Waals surface area contributed by atoms with Gasteiger partial charge in [0.05, 0.1) is 12.6 Å². The van der Waals surface area contributed by atoms with E-state index in [9.17, 15) is 4.79 Å². The minimum absolute atomic E-state index is 0.0299. The molecule has 1 N–H and O–H groups in total. The summed E-state index contributed by atoms with van der Waals surface area (Å²) in [6, 6.07) is 11.5. The van der Waals surface area contributed by atoms with Crippen LogP contribution in [-0.2, 0) is 4.79 Å². The fourth-order valence-corrected chi connectivity index (χ4v) is 2.57. The molecular weight excluding hydrogens is 264 g/mol. The Morgan fingerprint density at radius 2 is 2.14 bits per heavy atom. The minimum Gasteiger partial charge on any atom is -0.314 e. The van der Waals surface area contributed by atoms with Gasteiger partial charge in [0.2, 0.25) is 5.91 Å². The largest absolute Gasteiger partial charge is 0.314 e. The van der Waals surface area contributed by atoms with Crippen molar-refractivity contribution in [2.75, 3.05) is 37.6 Å². The van der Waals surface area contributed by atoms with Crippen molar-refractivity contribution in [3.63, 3.8) is 0 Å². The molecular formula is C16H22N4O. The van der Waals surface area contributed by atoms with Gasteiger partial charge in [-0.3, -0.25) is 14.6 Å². The van der Waals surface area contributed by atoms with Crippen molar-refractivity contribution in [3.8, 4) is 6.07 Å². The van der Waals surface area contributed by atoms with Crippen molar-refractivity contribution in [2.24, 2.45) is 0 Å². The molecule has 1 heterocycles. The number of carbonyl (C=O) groups is 1. The highest BCUT2D eigenvalue weighted by Crippen LogP contribution is 2.18. The van der Waals surface area contributed by atoms with Crippen LogP contribution >= 0.6 is 0 Å². The van der Waals surface area contributed by atoms with Crippen molar-refractivity contribution in [2.45, 2.75) is 19.4 Å². The van der Waals surface area contributed by atoms with Crippen LogP contribution in [0.25, 0.3) is 0 Å². The van der Waals surface area contributed by atoms with Gasteiger partial charge in [0.15, 0.2) is 0 Å². The second kappa shape index (κ2) is 6.70. The SMILES string of the molecule is CC1(C)CNCCN1CC(=O)N(CC#N)c1ccccc1. The van der Waals surface area contributed by atoms with Crippen LogP contribution in [0.3, 0.4) is 0 Å². The third-order valence-electron chi connectivity index (χ3n) is 3.90. The Kier molecular flexibility index (Phi) is 4.94. The molecule has 1 saturated heterocycles. The van der Waals surface area contributed by atoms with Gasteiger partial charge in [-0.25, -0.2) is 0 Å². The lowest BCUT2D eigenvalue weighted by molar-refractivity contribution is -0.121. The average Bonchev–Trinajstić information content (AvgIpc) is 2.47. The molecule has 1 fully saturated rings. The molecule has 2 rings (SSSR count). The highest BCUT2D eigenvalue weighted by Gasteiger charge is 2.32. The molecule has 1 aliphatic heterocycles. The third-order valence-corrected chi connectivity index (χ3v) is 3.90. The quantitative estimate of drug-likeness (QED) is 0.846. The smallest absolute Gasteiger partial charge is 0.242 e. The van der Waals surface area contributed by atoms with Crippen molar-refractivity contribution in [1.29, 1.82) is 5.26 Å². The number of anilines is 1. The van der Waals surface area contributed by atoms with E-state index < -0.39 is 0 Å². The van der Waals surface area contributed by atoms with E-state index in [4.69, 9.17) is 5.26 Å². The first-order chi connectivity index (χ1) is 10.0. The summed E-state index contributed by atoms with van der Waals surface area (Å²) in [7, 11) is 0. The van der Waals surface area contributed by atoms with Gasteiger partial charge >= 0.3 is 0 Å². The van der Waals surface area contributed by atoms with E-state index in [-0.39, 0.29) is 18.0 Å². The molecule has 1 aliphatic rings. The van der Waals surface area contributed by atoms with Crippen LogP contribution in [0.4, 0.5) is 5.69 Å². The summed E-state index contributed by atoms with van der Waals surface area (Å²) < 4.78 is 0. The molecule has 0 spiro atoms. The first-order valence-corrected chi connectivity index (χ1v) is 7.23. The number of hydrogen-bond donors (Lipinski definition) is 1. The molecule has 1 amide bonds. The van der Waals surface area contributed by atoms with Crippen LogP contribution in [0.1, 0.15) is 13.8 Å². The molecule has 0 atom stereocenters. The van der Waals surface area contributed by atoms with Gasteiger partial charge in [-0.05, 0) is 26.0 Å². The predicted molar refractivity (Wildman–Crippen MR) is 82.9 cm³/mol. The molecule has 21 heavy (non-hydrogen) atoms. The van der Waals surface area contributed by atoms with Gasteiger partial charge in [-0.2, -0.15) is 5.26 Å². The van der Waals surface area contributed by atoms with Gasteiger partial charge < -0.3 is 5.32 Å². The number of carbonyl (C=O) groups excluding carboxylic acids is 1. The van der Waals surface area contributed by atoms with Crippen LogP contribution in [0.5, 0.6) is 0 Å². The van der Waals surface area contributed by atoms with Crippen LogP contribution < -0.4 is 10.2 Å². The zero-order valence-corrected chi connectivity index (χ0v) is 12.7. The molecule has 0 bridgehead atoms. The maximum atomic E-state index is 12.6. The fraction of sp³-hybridized carbons (Fsp3) is 0.500. The Bertz CT molecular complexity index is 521. The number of nitrogens with zero attached hydrogens (tertiary/aromatic N) is 3. The van der Waals surface area contributed by atoms with Crippen molar-refractivity contribution in [3.05, 3.63) is 30.3 Å². The summed E-state index contributed by atoms with van der Waals surface area (Å²) in [6.07, 6.45) is 0. The monoisotopic (exact) mass is 286 g/mol. The maximum absolute atomic E-state index is 12.6. The lowest BCUT2D eigenvalue weighted by Crippen LogP contribution is -2.60. The van der Waals surface area contributed by atoms with E-state index in [0.29, 0.717) is 6.54 Å². The number of para-hydroxylation sites is 1. The lowest BCUT2D eigenvalue weighted by Gasteiger charge is -2.42. The molecule has 0 aromatic heterocycles. The summed E-state index contributed by atoms with van der Waals surface area (Å²) in [4.78, 5) is 16.3. The third kappa shape index (κ3) is 3.81. The van der Waals surface area contributed by atoms with Gasteiger partial charge in [0, 0.05) is 30.9 Å². The highest BCUT2D eigenvalue weighted by molar-refractivity contribution is 5.95. The molecule has 1 aromatic rings. The van der Waals surface area contributed by atoms with Gasteiger partial charge in [0.1, 0.15) is 6.54 Å². The summed E-state index contributed by atoms with van der Waals surface area (Å²) in [5.74, 6) is -0.0299. The number of hydrogen-bond acceptors (Lipinski definition) is 4. The molecule has 5 heteroatoms. The van der Waals surface area contributed by atoms with E-state index in [2.05, 4.69) is 30.1 Å². The predicted octanol–water partition coefficient (Wildman–Crippen LogP) is 1.23. The second-order valence-corrected chi connectivity index (χ2v) is 5.88. The Labute approximate surface area is 126 Å². The van der Waals surface area contributed by atoms with Gasteiger partial charge in [-0.15, -0.1) is 0 Å². The maximum Gasteiger partial charge on any atom is 0.242 e. The van der Waals surface area contributed by atoms with Crippen LogP contribution in [0.2, 0.25) is 0 Å². The molecule has 1 aromatic carbocycles. The molecule has 0 unspecified atom stereocenters. The van der Waals surface area contributed by atoms with Gasteiger partial charge in [-0.1, -0.05) is 18.2 Å². The number of piperazine rings is 1. The molecule has 5 nitrogen and oxygen atoms in total. The summed E-state index contributed by atoms with van der Waals surface area (Å²) in [5.41, 5.74) is 0.722. The van der Waals surface area contributed by atoms with Crippen molar-refractivity contribution in [1.82, 2.24) is 10.2 Å². The first-order valence-electron chi connectivity index (χ1n) is 7.23. The minimum atomic E-state index is -0.0527.